The highest BCUT2D eigenvalue weighted by molar-refractivity contribution is 5.58. The second-order valence-corrected chi connectivity index (χ2v) is 3.94. The first-order chi connectivity index (χ1) is 7.86. The van der Waals surface area contributed by atoms with Gasteiger partial charge in [-0.2, -0.15) is 5.26 Å². The van der Waals surface area contributed by atoms with Gasteiger partial charge in [-0.15, -0.1) is 0 Å². The third kappa shape index (κ3) is 2.00. The maximum Gasteiger partial charge on any atom is 0.101 e. The second kappa shape index (κ2) is 4.95. The minimum atomic E-state index is 0.487. The third-order valence-electron chi connectivity index (χ3n) is 3.05. The Morgan fingerprint density at radius 1 is 1.69 bits per heavy atom. The van der Waals surface area contributed by atoms with E-state index in [9.17, 15) is 0 Å². The van der Waals surface area contributed by atoms with Gasteiger partial charge in [0.1, 0.15) is 6.07 Å². The van der Waals surface area contributed by atoms with E-state index in [0.29, 0.717) is 11.6 Å². The van der Waals surface area contributed by atoms with Crippen LogP contribution in [0.3, 0.4) is 0 Å². The largest absolute Gasteiger partial charge is 0.365 e. The maximum atomic E-state index is 9.09. The van der Waals surface area contributed by atoms with Crippen molar-refractivity contribution in [3.8, 4) is 6.07 Å². The molecule has 16 heavy (non-hydrogen) atoms. The molecule has 84 valence electrons. The van der Waals surface area contributed by atoms with Gasteiger partial charge in [0.05, 0.1) is 17.4 Å². The Bertz CT molecular complexity index is 390. The minimum absolute atomic E-state index is 0.487. The van der Waals surface area contributed by atoms with E-state index < -0.39 is 0 Å². The molecular weight excluding hydrogens is 200 g/mol. The number of pyridine rings is 1. The van der Waals surface area contributed by atoms with E-state index in [2.05, 4.69) is 28.2 Å². The topological polar surface area (TPSA) is 52.0 Å². The Balaban J connectivity index is 2.29. The quantitative estimate of drug-likeness (QED) is 0.823. The molecule has 0 radical (unpaired) electrons. The fourth-order valence-corrected chi connectivity index (χ4v) is 2.24. The van der Waals surface area contributed by atoms with Crippen molar-refractivity contribution < 1.29 is 0 Å². The van der Waals surface area contributed by atoms with E-state index in [4.69, 9.17) is 5.26 Å². The summed E-state index contributed by atoms with van der Waals surface area (Å²) < 4.78 is 0. The number of nitrogens with one attached hydrogen (secondary N) is 1. The highest BCUT2D eigenvalue weighted by atomic mass is 15.2. The summed E-state index contributed by atoms with van der Waals surface area (Å²) in [5.74, 6) is 0. The van der Waals surface area contributed by atoms with Crippen LogP contribution in [0.4, 0.5) is 5.69 Å². The lowest BCUT2D eigenvalue weighted by Crippen LogP contribution is -2.37. The second-order valence-electron chi connectivity index (χ2n) is 3.94. The fraction of sp³-hybridized carbons (Fsp3) is 0.500. The van der Waals surface area contributed by atoms with Crippen molar-refractivity contribution in [2.75, 3.05) is 24.5 Å². The summed E-state index contributed by atoms with van der Waals surface area (Å²) in [5, 5.41) is 12.4. The van der Waals surface area contributed by atoms with Gasteiger partial charge in [0, 0.05) is 25.3 Å². The predicted molar refractivity (Wildman–Crippen MR) is 63.2 cm³/mol. The standard InChI is InChI=1S/C12H16N4/c1-2-16(11-4-6-14-8-11)12-9-15-5-3-10(12)7-13/h3,5,9,11,14H,2,4,6,8H2,1H3. The van der Waals surface area contributed by atoms with Crippen molar-refractivity contribution in [3.05, 3.63) is 24.0 Å². The molecule has 4 heteroatoms. The van der Waals surface area contributed by atoms with Gasteiger partial charge in [-0.1, -0.05) is 0 Å². The van der Waals surface area contributed by atoms with Gasteiger partial charge < -0.3 is 10.2 Å². The van der Waals surface area contributed by atoms with Crippen LogP contribution in [0.1, 0.15) is 18.9 Å². The molecule has 4 nitrogen and oxygen atoms in total. The zero-order chi connectivity index (χ0) is 11.4. The summed E-state index contributed by atoms with van der Waals surface area (Å²) >= 11 is 0. The van der Waals surface area contributed by atoms with Gasteiger partial charge in [-0.3, -0.25) is 4.98 Å². The molecule has 0 spiro atoms. The van der Waals surface area contributed by atoms with Crippen LogP contribution in [-0.4, -0.2) is 30.7 Å². The van der Waals surface area contributed by atoms with Crippen molar-refractivity contribution in [2.24, 2.45) is 0 Å². The average molecular weight is 216 g/mol. The zero-order valence-corrected chi connectivity index (χ0v) is 9.48. The van der Waals surface area contributed by atoms with Gasteiger partial charge in [0.15, 0.2) is 0 Å². The molecule has 2 rings (SSSR count). The first-order valence-corrected chi connectivity index (χ1v) is 5.68. The number of hydrogen-bond acceptors (Lipinski definition) is 4. The van der Waals surface area contributed by atoms with Crippen molar-refractivity contribution in [1.29, 1.82) is 5.26 Å². The molecule has 0 saturated carbocycles. The molecule has 1 aromatic heterocycles. The van der Waals surface area contributed by atoms with E-state index in [-0.39, 0.29) is 0 Å². The van der Waals surface area contributed by atoms with Crippen molar-refractivity contribution in [2.45, 2.75) is 19.4 Å². The van der Waals surface area contributed by atoms with Crippen LogP contribution < -0.4 is 10.2 Å². The van der Waals surface area contributed by atoms with Crippen LogP contribution in [0.2, 0.25) is 0 Å². The lowest BCUT2D eigenvalue weighted by atomic mass is 10.1. The lowest BCUT2D eigenvalue weighted by molar-refractivity contribution is 0.646. The van der Waals surface area contributed by atoms with Crippen LogP contribution in [-0.2, 0) is 0 Å². The van der Waals surface area contributed by atoms with Crippen molar-refractivity contribution in [1.82, 2.24) is 10.3 Å². The summed E-state index contributed by atoms with van der Waals surface area (Å²) in [4.78, 5) is 6.39. The molecule has 0 aliphatic carbocycles. The monoisotopic (exact) mass is 216 g/mol. The van der Waals surface area contributed by atoms with E-state index in [0.717, 1.165) is 31.7 Å². The van der Waals surface area contributed by atoms with Crippen LogP contribution in [0.15, 0.2) is 18.5 Å². The van der Waals surface area contributed by atoms with Crippen LogP contribution in [0, 0.1) is 11.3 Å². The molecule has 0 bridgehead atoms. The molecule has 1 saturated heterocycles. The molecule has 1 aliphatic rings. The molecule has 0 aromatic carbocycles. The van der Waals surface area contributed by atoms with E-state index in [1.165, 1.54) is 0 Å². The number of nitrogens with zero attached hydrogens (tertiary/aromatic N) is 3. The van der Waals surface area contributed by atoms with Crippen molar-refractivity contribution >= 4 is 5.69 Å². The molecule has 1 fully saturated rings. The molecule has 1 aromatic rings. The maximum absolute atomic E-state index is 9.09. The van der Waals surface area contributed by atoms with Crippen LogP contribution in [0.25, 0.3) is 0 Å². The smallest absolute Gasteiger partial charge is 0.101 e. The van der Waals surface area contributed by atoms with E-state index >= 15 is 0 Å². The normalized spacial score (nSPS) is 19.4. The Morgan fingerprint density at radius 3 is 3.19 bits per heavy atom. The molecule has 1 aliphatic heterocycles. The lowest BCUT2D eigenvalue weighted by Gasteiger charge is -2.29. The number of aromatic nitrogens is 1. The predicted octanol–water partition coefficient (Wildman–Crippen LogP) is 1.14. The zero-order valence-electron chi connectivity index (χ0n) is 9.48. The van der Waals surface area contributed by atoms with Gasteiger partial charge in [-0.25, -0.2) is 0 Å². The van der Waals surface area contributed by atoms with Gasteiger partial charge in [0.25, 0.3) is 0 Å². The van der Waals surface area contributed by atoms with Gasteiger partial charge in [0.2, 0.25) is 0 Å². The number of rotatable bonds is 3. The Kier molecular flexibility index (Phi) is 3.37. The van der Waals surface area contributed by atoms with E-state index in [1.807, 2.05) is 0 Å². The number of anilines is 1. The molecular formula is C12H16N4. The van der Waals surface area contributed by atoms with Crippen LogP contribution >= 0.6 is 0 Å². The summed E-state index contributed by atoms with van der Waals surface area (Å²) in [6, 6.07) is 4.50. The molecule has 1 unspecified atom stereocenters. The number of hydrogen-bond donors (Lipinski definition) is 1. The molecule has 0 amide bonds. The molecule has 1 N–H and O–H groups in total. The summed E-state index contributed by atoms with van der Waals surface area (Å²) in [5.41, 5.74) is 1.67. The Hall–Kier alpha value is -1.60. The molecule has 2 heterocycles. The summed E-state index contributed by atoms with van der Waals surface area (Å²) in [6.45, 7) is 5.08. The van der Waals surface area contributed by atoms with Gasteiger partial charge >= 0.3 is 0 Å². The van der Waals surface area contributed by atoms with Crippen molar-refractivity contribution in [3.63, 3.8) is 0 Å². The minimum Gasteiger partial charge on any atom is -0.365 e. The summed E-state index contributed by atoms with van der Waals surface area (Å²) in [6.07, 6.45) is 4.59. The molecule has 1 atom stereocenters. The highest BCUT2D eigenvalue weighted by Crippen LogP contribution is 2.22. The number of likely N-dealkylation sites (N-methyl/N-ethyl adjacent to an activating group) is 1. The fourth-order valence-electron chi connectivity index (χ4n) is 2.24. The highest BCUT2D eigenvalue weighted by Gasteiger charge is 2.23. The SMILES string of the molecule is CCN(c1cnccc1C#N)C1CCNC1. The average Bonchev–Trinajstić information content (AvgIpc) is 2.84. The van der Waals surface area contributed by atoms with Crippen LogP contribution in [0.5, 0.6) is 0 Å². The Morgan fingerprint density at radius 2 is 2.56 bits per heavy atom. The third-order valence-corrected chi connectivity index (χ3v) is 3.05. The van der Waals surface area contributed by atoms with E-state index in [1.54, 1.807) is 18.5 Å². The van der Waals surface area contributed by atoms with Gasteiger partial charge in [-0.05, 0) is 26.0 Å². The number of nitriles is 1. The first-order valence-electron chi connectivity index (χ1n) is 5.68. The summed E-state index contributed by atoms with van der Waals surface area (Å²) in [7, 11) is 0. The first kappa shape index (κ1) is 10.9. The Labute approximate surface area is 95.9 Å².